The maximum Gasteiger partial charge on any atom is 0.222 e. The lowest BCUT2D eigenvalue weighted by atomic mass is 10.1. The van der Waals surface area contributed by atoms with Crippen LogP contribution >= 0.6 is 11.8 Å². The summed E-state index contributed by atoms with van der Waals surface area (Å²) in [5.74, 6) is 3.25. The van der Waals surface area contributed by atoms with Crippen LogP contribution in [0.2, 0.25) is 0 Å². The molecule has 2 heterocycles. The van der Waals surface area contributed by atoms with Gasteiger partial charge in [-0.05, 0) is 48.8 Å². The summed E-state index contributed by atoms with van der Waals surface area (Å²) < 4.78 is 11.5. The zero-order valence-corrected chi connectivity index (χ0v) is 18.5. The molecule has 30 heavy (non-hydrogen) atoms. The molecule has 0 spiro atoms. The van der Waals surface area contributed by atoms with Gasteiger partial charge in [0.05, 0.1) is 24.3 Å². The van der Waals surface area contributed by atoms with Crippen molar-refractivity contribution < 1.29 is 14.3 Å². The van der Waals surface area contributed by atoms with Gasteiger partial charge in [-0.25, -0.2) is 0 Å². The second-order valence-electron chi connectivity index (χ2n) is 7.69. The number of nitrogens with zero attached hydrogens (tertiary/aromatic N) is 2. The highest BCUT2D eigenvalue weighted by molar-refractivity contribution is 7.99. The molecule has 0 radical (unpaired) electrons. The standard InChI is InChI=1S/C24H30N2O3S/c1-28-21-10-3-2-9-20(21)25-13-15-26(16-14-25)23(27)12-5-17-29-22-11-4-7-19-8-6-18-30-24(19)22/h2-4,7,9-11H,5-6,8,12-18H2,1H3. The summed E-state index contributed by atoms with van der Waals surface area (Å²) in [6.07, 6.45) is 3.66. The number of fused-ring (bicyclic) bond motifs is 1. The van der Waals surface area contributed by atoms with Crippen molar-refractivity contribution in [3.63, 3.8) is 0 Å². The van der Waals surface area contributed by atoms with E-state index < -0.39 is 0 Å². The minimum Gasteiger partial charge on any atom is -0.495 e. The van der Waals surface area contributed by atoms with E-state index in [1.165, 1.54) is 16.9 Å². The molecule has 4 rings (SSSR count). The molecule has 160 valence electrons. The number of carbonyl (C=O) groups excluding carboxylic acids is 1. The first-order chi connectivity index (χ1) is 14.8. The van der Waals surface area contributed by atoms with Crippen molar-refractivity contribution in [1.29, 1.82) is 0 Å². The van der Waals surface area contributed by atoms with Crippen molar-refractivity contribution in [1.82, 2.24) is 4.90 Å². The van der Waals surface area contributed by atoms with Gasteiger partial charge in [-0.15, -0.1) is 11.8 Å². The molecule has 0 aliphatic carbocycles. The SMILES string of the molecule is COc1ccccc1N1CCN(C(=O)CCCOc2cccc3c2SCCC3)CC1. The van der Waals surface area contributed by atoms with E-state index in [1.54, 1.807) is 7.11 Å². The Morgan fingerprint density at radius 3 is 2.67 bits per heavy atom. The average Bonchev–Trinajstić information content (AvgIpc) is 2.82. The molecule has 1 amide bonds. The fraction of sp³-hybridized carbons (Fsp3) is 0.458. The van der Waals surface area contributed by atoms with Crippen LogP contribution in [0.1, 0.15) is 24.8 Å². The molecule has 2 aliphatic heterocycles. The van der Waals surface area contributed by atoms with Gasteiger partial charge in [0.1, 0.15) is 11.5 Å². The van der Waals surface area contributed by atoms with Gasteiger partial charge in [0.25, 0.3) is 0 Å². The van der Waals surface area contributed by atoms with Crippen LogP contribution in [0.3, 0.4) is 0 Å². The highest BCUT2D eigenvalue weighted by Gasteiger charge is 2.22. The molecule has 0 bridgehead atoms. The smallest absolute Gasteiger partial charge is 0.222 e. The Balaban J connectivity index is 1.21. The molecular formula is C24H30N2O3S. The predicted molar refractivity (Wildman–Crippen MR) is 122 cm³/mol. The lowest BCUT2D eigenvalue weighted by Crippen LogP contribution is -2.48. The van der Waals surface area contributed by atoms with Gasteiger partial charge in [-0.1, -0.05) is 24.3 Å². The lowest BCUT2D eigenvalue weighted by molar-refractivity contribution is -0.131. The number of hydrogen-bond donors (Lipinski definition) is 0. The van der Waals surface area contributed by atoms with Crippen LogP contribution in [0.15, 0.2) is 47.4 Å². The van der Waals surface area contributed by atoms with E-state index in [4.69, 9.17) is 9.47 Å². The number of benzene rings is 2. The third kappa shape index (κ3) is 4.86. The monoisotopic (exact) mass is 426 g/mol. The fourth-order valence-corrected chi connectivity index (χ4v) is 5.24. The summed E-state index contributed by atoms with van der Waals surface area (Å²) in [4.78, 5) is 18.2. The summed E-state index contributed by atoms with van der Waals surface area (Å²) in [6, 6.07) is 14.4. The molecule has 1 saturated heterocycles. The number of para-hydroxylation sites is 2. The van der Waals surface area contributed by atoms with Crippen molar-refractivity contribution in [2.24, 2.45) is 0 Å². The Morgan fingerprint density at radius 2 is 1.83 bits per heavy atom. The predicted octanol–water partition coefficient (Wildman–Crippen LogP) is 4.24. The van der Waals surface area contributed by atoms with Gasteiger partial charge in [-0.2, -0.15) is 0 Å². The summed E-state index contributed by atoms with van der Waals surface area (Å²) in [5.41, 5.74) is 2.50. The number of hydrogen-bond acceptors (Lipinski definition) is 5. The Hall–Kier alpha value is -2.34. The zero-order valence-electron chi connectivity index (χ0n) is 17.6. The molecule has 0 aromatic heterocycles. The second kappa shape index (κ2) is 10.1. The van der Waals surface area contributed by atoms with E-state index >= 15 is 0 Å². The normalized spacial score (nSPS) is 16.2. The van der Waals surface area contributed by atoms with Crippen LogP contribution in [0.5, 0.6) is 11.5 Å². The van der Waals surface area contributed by atoms with E-state index in [9.17, 15) is 4.79 Å². The summed E-state index contributed by atoms with van der Waals surface area (Å²) in [5, 5.41) is 0. The van der Waals surface area contributed by atoms with E-state index in [2.05, 4.69) is 29.2 Å². The van der Waals surface area contributed by atoms with Gasteiger partial charge in [0, 0.05) is 32.6 Å². The second-order valence-corrected chi connectivity index (χ2v) is 8.79. The van der Waals surface area contributed by atoms with Gasteiger partial charge in [0.2, 0.25) is 5.91 Å². The van der Waals surface area contributed by atoms with Gasteiger partial charge < -0.3 is 19.3 Å². The number of carbonyl (C=O) groups is 1. The first-order valence-corrected chi connectivity index (χ1v) is 11.8. The number of anilines is 1. The number of amides is 1. The molecule has 0 atom stereocenters. The molecule has 2 aromatic rings. The minimum atomic E-state index is 0.225. The first kappa shape index (κ1) is 20.9. The summed E-state index contributed by atoms with van der Waals surface area (Å²) in [6.45, 7) is 3.75. The maximum absolute atomic E-state index is 12.6. The van der Waals surface area contributed by atoms with Crippen molar-refractivity contribution in [2.75, 3.05) is 50.5 Å². The largest absolute Gasteiger partial charge is 0.495 e. The van der Waals surface area contributed by atoms with E-state index in [1.807, 2.05) is 34.9 Å². The number of aryl methyl sites for hydroxylation is 1. The maximum atomic E-state index is 12.6. The van der Waals surface area contributed by atoms with Gasteiger partial charge >= 0.3 is 0 Å². The Kier molecular flexibility index (Phi) is 7.05. The molecule has 0 saturated carbocycles. The Labute approximate surface area is 183 Å². The summed E-state index contributed by atoms with van der Waals surface area (Å²) >= 11 is 1.89. The Morgan fingerprint density at radius 1 is 1.03 bits per heavy atom. The van der Waals surface area contributed by atoms with Gasteiger partial charge in [0.15, 0.2) is 0 Å². The molecule has 0 unspecified atom stereocenters. The first-order valence-electron chi connectivity index (χ1n) is 10.8. The number of rotatable bonds is 7. The molecule has 0 N–H and O–H groups in total. The number of piperazine rings is 1. The fourth-order valence-electron chi connectivity index (χ4n) is 4.12. The van der Waals surface area contributed by atoms with Crippen molar-refractivity contribution in [2.45, 2.75) is 30.6 Å². The highest BCUT2D eigenvalue weighted by Crippen LogP contribution is 2.37. The van der Waals surface area contributed by atoms with Crippen LogP contribution in [0.4, 0.5) is 5.69 Å². The molecule has 1 fully saturated rings. The van der Waals surface area contributed by atoms with Crippen molar-refractivity contribution in [3.8, 4) is 11.5 Å². The zero-order chi connectivity index (χ0) is 20.8. The molecular weight excluding hydrogens is 396 g/mol. The quantitative estimate of drug-likeness (QED) is 0.620. The number of ether oxygens (including phenoxy) is 2. The van der Waals surface area contributed by atoms with Crippen LogP contribution < -0.4 is 14.4 Å². The number of methoxy groups -OCH3 is 1. The van der Waals surface area contributed by atoms with Crippen molar-refractivity contribution in [3.05, 3.63) is 48.0 Å². The third-order valence-electron chi connectivity index (χ3n) is 5.75. The van der Waals surface area contributed by atoms with Crippen LogP contribution in [0, 0.1) is 0 Å². The van der Waals surface area contributed by atoms with Crippen LogP contribution in [-0.2, 0) is 11.2 Å². The molecule has 6 heteroatoms. The lowest BCUT2D eigenvalue weighted by Gasteiger charge is -2.36. The third-order valence-corrected chi connectivity index (χ3v) is 6.99. The van der Waals surface area contributed by atoms with E-state index in [0.29, 0.717) is 13.0 Å². The highest BCUT2D eigenvalue weighted by atomic mass is 32.2. The molecule has 2 aromatic carbocycles. The molecule has 5 nitrogen and oxygen atoms in total. The summed E-state index contributed by atoms with van der Waals surface area (Å²) in [7, 11) is 1.70. The van der Waals surface area contributed by atoms with Crippen molar-refractivity contribution >= 4 is 23.4 Å². The van der Waals surface area contributed by atoms with Crippen LogP contribution in [0.25, 0.3) is 0 Å². The topological polar surface area (TPSA) is 42.0 Å². The molecule has 2 aliphatic rings. The number of thioether (sulfide) groups is 1. The van der Waals surface area contributed by atoms with E-state index in [0.717, 1.165) is 62.0 Å². The average molecular weight is 427 g/mol. The van der Waals surface area contributed by atoms with Crippen LogP contribution in [-0.4, -0.2) is 56.5 Å². The van der Waals surface area contributed by atoms with E-state index in [-0.39, 0.29) is 5.91 Å². The van der Waals surface area contributed by atoms with Gasteiger partial charge in [-0.3, -0.25) is 4.79 Å². The minimum absolute atomic E-state index is 0.225. The Bertz CT molecular complexity index is 865.